The van der Waals surface area contributed by atoms with E-state index in [1.807, 2.05) is 58.9 Å². The Morgan fingerprint density at radius 3 is 2.72 bits per heavy atom. The number of nitrogens with zero attached hydrogens (tertiary/aromatic N) is 4. The lowest BCUT2D eigenvalue weighted by molar-refractivity contribution is -0.117. The second-order valence-electron chi connectivity index (χ2n) is 11.7. The zero-order valence-electron chi connectivity index (χ0n) is 23.3. The molecule has 208 valence electrons. The number of carbonyl (C=O) groups excluding carboxylic acids is 2. The molecule has 39 heavy (non-hydrogen) atoms. The van der Waals surface area contributed by atoms with Gasteiger partial charge in [0, 0.05) is 43.3 Å². The summed E-state index contributed by atoms with van der Waals surface area (Å²) in [6.07, 6.45) is 3.17. The van der Waals surface area contributed by atoms with Gasteiger partial charge in [0.2, 0.25) is 11.9 Å². The van der Waals surface area contributed by atoms with E-state index in [1.165, 1.54) is 0 Å². The standard InChI is InChI=1S/C28H36N6O4S/c1-27(2,3)38-26(36)33(6)16-17-9-12-34(13-10-17)23-22-19(11-14-37-22)31-25(32-23)29-18-7-8-21-20(15-18)30-24(35)28(4,5)39-21/h7-8,11,14-15,17H,9-10,12-13,16H2,1-6H3,(H,30,35)(H,29,31,32). The van der Waals surface area contributed by atoms with Gasteiger partial charge in [0.1, 0.15) is 11.1 Å². The highest BCUT2D eigenvalue weighted by atomic mass is 32.2. The van der Waals surface area contributed by atoms with Crippen LogP contribution in [0.1, 0.15) is 47.5 Å². The van der Waals surface area contributed by atoms with Crippen LogP contribution in [0, 0.1) is 5.92 Å². The SMILES string of the molecule is CN(CC1CCN(c2nc(Nc3ccc4c(c3)NC(=O)C(C)(C)S4)nc3ccoc23)CC1)C(=O)OC(C)(C)C. The van der Waals surface area contributed by atoms with Crippen LogP contribution in [0.25, 0.3) is 11.1 Å². The molecule has 1 fully saturated rings. The lowest BCUT2D eigenvalue weighted by Gasteiger charge is -2.35. The Bertz CT molecular complexity index is 1390. The molecular formula is C28H36N6O4S. The molecule has 11 heteroatoms. The van der Waals surface area contributed by atoms with Crippen molar-refractivity contribution in [3.8, 4) is 0 Å². The molecule has 0 atom stereocenters. The van der Waals surface area contributed by atoms with Crippen LogP contribution in [0.15, 0.2) is 39.8 Å². The molecule has 2 aliphatic heterocycles. The van der Waals surface area contributed by atoms with E-state index in [-0.39, 0.29) is 12.0 Å². The van der Waals surface area contributed by atoms with Gasteiger partial charge in [0.15, 0.2) is 11.4 Å². The topological polar surface area (TPSA) is 113 Å². The molecule has 0 aliphatic carbocycles. The molecule has 0 spiro atoms. The monoisotopic (exact) mass is 552 g/mol. The van der Waals surface area contributed by atoms with Crippen LogP contribution < -0.4 is 15.5 Å². The van der Waals surface area contributed by atoms with E-state index >= 15 is 0 Å². The van der Waals surface area contributed by atoms with Crippen molar-refractivity contribution < 1.29 is 18.7 Å². The number of anilines is 4. The third-order valence-electron chi connectivity index (χ3n) is 6.83. The van der Waals surface area contributed by atoms with Crippen molar-refractivity contribution in [3.63, 3.8) is 0 Å². The number of fused-ring (bicyclic) bond motifs is 2. The maximum Gasteiger partial charge on any atom is 0.410 e. The van der Waals surface area contributed by atoms with E-state index in [2.05, 4.69) is 20.5 Å². The van der Waals surface area contributed by atoms with Crippen LogP contribution in [0.5, 0.6) is 0 Å². The second kappa shape index (κ2) is 10.3. The molecule has 2 aliphatic rings. The van der Waals surface area contributed by atoms with Crippen molar-refractivity contribution in [1.29, 1.82) is 0 Å². The van der Waals surface area contributed by atoms with Crippen molar-refractivity contribution in [2.24, 2.45) is 5.92 Å². The van der Waals surface area contributed by atoms with Gasteiger partial charge >= 0.3 is 6.09 Å². The highest BCUT2D eigenvalue weighted by Gasteiger charge is 2.34. The first-order valence-electron chi connectivity index (χ1n) is 13.2. The fourth-order valence-corrected chi connectivity index (χ4v) is 5.81. The third kappa shape index (κ3) is 6.08. The van der Waals surface area contributed by atoms with Gasteiger partial charge < -0.3 is 29.6 Å². The predicted octanol–water partition coefficient (Wildman–Crippen LogP) is 5.87. The van der Waals surface area contributed by atoms with Crippen LogP contribution >= 0.6 is 11.8 Å². The van der Waals surface area contributed by atoms with Gasteiger partial charge in [0.25, 0.3) is 0 Å². The van der Waals surface area contributed by atoms with E-state index in [0.29, 0.717) is 24.0 Å². The van der Waals surface area contributed by atoms with Crippen LogP contribution in [0.4, 0.5) is 27.9 Å². The van der Waals surface area contributed by atoms with Gasteiger partial charge in [-0.25, -0.2) is 9.78 Å². The molecule has 5 rings (SSSR count). The largest absolute Gasteiger partial charge is 0.459 e. The van der Waals surface area contributed by atoms with Gasteiger partial charge in [-0.15, -0.1) is 11.8 Å². The molecular weight excluding hydrogens is 516 g/mol. The number of aromatic nitrogens is 2. The smallest absolute Gasteiger partial charge is 0.410 e. The molecule has 2 amide bonds. The third-order valence-corrected chi connectivity index (χ3v) is 8.10. The highest BCUT2D eigenvalue weighted by molar-refractivity contribution is 8.01. The number of amides is 2. The minimum absolute atomic E-state index is 0.0174. The van der Waals surface area contributed by atoms with E-state index < -0.39 is 10.3 Å². The van der Waals surface area contributed by atoms with Gasteiger partial charge in [-0.05, 0) is 71.6 Å². The molecule has 3 aromatic rings. The normalized spacial score (nSPS) is 17.5. The van der Waals surface area contributed by atoms with Crippen molar-refractivity contribution >= 4 is 58.0 Å². The van der Waals surface area contributed by atoms with Crippen molar-refractivity contribution in [3.05, 3.63) is 30.5 Å². The van der Waals surface area contributed by atoms with Crippen LogP contribution in [0.3, 0.4) is 0 Å². The molecule has 1 aromatic carbocycles. The Kier molecular flexibility index (Phi) is 7.13. The molecule has 0 unspecified atom stereocenters. The highest BCUT2D eigenvalue weighted by Crippen LogP contribution is 2.43. The number of nitrogens with one attached hydrogen (secondary N) is 2. The first-order chi connectivity index (χ1) is 18.4. The van der Waals surface area contributed by atoms with Crippen molar-refractivity contribution in [2.75, 3.05) is 42.2 Å². The zero-order chi connectivity index (χ0) is 27.9. The van der Waals surface area contributed by atoms with Gasteiger partial charge in [-0.3, -0.25) is 4.79 Å². The molecule has 0 radical (unpaired) electrons. The molecule has 2 aromatic heterocycles. The maximum absolute atomic E-state index is 12.4. The van der Waals surface area contributed by atoms with Crippen molar-refractivity contribution in [2.45, 2.75) is 62.7 Å². The quantitative estimate of drug-likeness (QED) is 0.401. The fraction of sp³-hybridized carbons (Fsp3) is 0.500. The summed E-state index contributed by atoms with van der Waals surface area (Å²) >= 11 is 1.55. The number of benzene rings is 1. The fourth-order valence-electron chi connectivity index (χ4n) is 4.76. The molecule has 4 heterocycles. The van der Waals surface area contributed by atoms with Crippen LogP contribution in [-0.4, -0.2) is 63.9 Å². The molecule has 0 saturated carbocycles. The molecule has 2 N–H and O–H groups in total. The Labute approximate surface area is 232 Å². The second-order valence-corrected chi connectivity index (χ2v) is 13.4. The summed E-state index contributed by atoms with van der Waals surface area (Å²) < 4.78 is 10.8. The zero-order valence-corrected chi connectivity index (χ0v) is 24.1. The number of hydrogen-bond acceptors (Lipinski definition) is 9. The molecule has 1 saturated heterocycles. The average molecular weight is 553 g/mol. The summed E-state index contributed by atoms with van der Waals surface area (Å²) in [4.78, 5) is 39.2. The van der Waals surface area contributed by atoms with E-state index in [9.17, 15) is 9.59 Å². The van der Waals surface area contributed by atoms with Crippen LogP contribution in [-0.2, 0) is 9.53 Å². The van der Waals surface area contributed by atoms with E-state index in [4.69, 9.17) is 14.1 Å². The van der Waals surface area contributed by atoms with E-state index in [1.54, 1.807) is 30.0 Å². The lowest BCUT2D eigenvalue weighted by Crippen LogP contribution is -2.41. The number of furan rings is 1. The predicted molar refractivity (Wildman–Crippen MR) is 154 cm³/mol. The Morgan fingerprint density at radius 2 is 2.00 bits per heavy atom. The molecule has 0 bridgehead atoms. The van der Waals surface area contributed by atoms with Gasteiger partial charge in [-0.1, -0.05) is 0 Å². The van der Waals surface area contributed by atoms with Crippen LogP contribution in [0.2, 0.25) is 0 Å². The summed E-state index contributed by atoms with van der Waals surface area (Å²) in [5.74, 6) is 1.56. The first-order valence-corrected chi connectivity index (χ1v) is 14.1. The minimum Gasteiger partial charge on any atom is -0.459 e. The summed E-state index contributed by atoms with van der Waals surface area (Å²) in [5.41, 5.74) is 2.42. The Hall–Kier alpha value is -3.47. The Balaban J connectivity index is 1.28. The summed E-state index contributed by atoms with van der Waals surface area (Å²) in [7, 11) is 1.79. The van der Waals surface area contributed by atoms with Crippen molar-refractivity contribution in [1.82, 2.24) is 14.9 Å². The Morgan fingerprint density at radius 1 is 1.26 bits per heavy atom. The number of thioether (sulfide) groups is 1. The van der Waals surface area contributed by atoms with Gasteiger partial charge in [0.05, 0.1) is 16.7 Å². The molecule has 10 nitrogen and oxygen atoms in total. The number of carbonyl (C=O) groups is 2. The van der Waals surface area contributed by atoms with E-state index in [0.717, 1.165) is 53.5 Å². The maximum atomic E-state index is 12.4. The lowest BCUT2D eigenvalue weighted by atomic mass is 9.96. The summed E-state index contributed by atoms with van der Waals surface area (Å²) in [6, 6.07) is 7.71. The number of rotatable bonds is 5. The summed E-state index contributed by atoms with van der Waals surface area (Å²) in [5, 5.41) is 6.31. The minimum atomic E-state index is -0.509. The number of piperidine rings is 1. The summed E-state index contributed by atoms with van der Waals surface area (Å²) in [6.45, 7) is 11.7. The first kappa shape index (κ1) is 27.1. The number of hydrogen-bond donors (Lipinski definition) is 2. The number of ether oxygens (including phenoxy) is 1. The van der Waals surface area contributed by atoms with Gasteiger partial charge in [-0.2, -0.15) is 4.98 Å². The average Bonchev–Trinajstić information content (AvgIpc) is 3.32.